The number of nitrogens with zero attached hydrogens (tertiary/aromatic N) is 3. The Morgan fingerprint density at radius 1 is 1.23 bits per heavy atom. The molecule has 1 aromatic heterocycles. The van der Waals surface area contributed by atoms with E-state index in [4.69, 9.17) is 4.74 Å². The molecule has 2 aliphatic rings. The average molecular weight is 305 g/mol. The van der Waals surface area contributed by atoms with E-state index in [9.17, 15) is 9.59 Å². The van der Waals surface area contributed by atoms with Crippen molar-refractivity contribution in [1.82, 2.24) is 14.4 Å². The van der Waals surface area contributed by atoms with E-state index < -0.39 is 0 Å². The van der Waals surface area contributed by atoms with Gasteiger partial charge in [-0.2, -0.15) is 0 Å². The van der Waals surface area contributed by atoms with Gasteiger partial charge in [-0.05, 0) is 26.8 Å². The summed E-state index contributed by atoms with van der Waals surface area (Å²) in [6.45, 7) is 4.97. The molecule has 1 aromatic rings. The first kappa shape index (κ1) is 15.1. The van der Waals surface area contributed by atoms with Crippen molar-refractivity contribution in [2.75, 3.05) is 40.3 Å². The summed E-state index contributed by atoms with van der Waals surface area (Å²) in [4.78, 5) is 29.2. The fourth-order valence-corrected chi connectivity index (χ4v) is 3.09. The largest absolute Gasteiger partial charge is 0.491 e. The third-order valence-corrected chi connectivity index (χ3v) is 4.51. The van der Waals surface area contributed by atoms with Crippen LogP contribution in [0.5, 0.6) is 5.75 Å². The van der Waals surface area contributed by atoms with Crippen molar-refractivity contribution in [3.8, 4) is 5.75 Å². The lowest BCUT2D eigenvalue weighted by Crippen LogP contribution is -2.48. The van der Waals surface area contributed by atoms with Crippen molar-refractivity contribution >= 4 is 5.91 Å². The van der Waals surface area contributed by atoms with Gasteiger partial charge in [-0.3, -0.25) is 9.59 Å². The number of rotatable bonds is 3. The van der Waals surface area contributed by atoms with E-state index in [2.05, 4.69) is 11.9 Å². The lowest BCUT2D eigenvalue weighted by molar-refractivity contribution is 0.0647. The third-order valence-electron chi connectivity index (χ3n) is 4.51. The van der Waals surface area contributed by atoms with Crippen LogP contribution in [0.3, 0.4) is 0 Å². The standard InChI is InChI=1S/C16H23N3O3/c1-11-10-13(20)15(22-3)14(19(11)12-4-5-12)16(21)18-8-6-17(2)7-9-18/h10,12H,4-9H2,1-3H3. The lowest BCUT2D eigenvalue weighted by Gasteiger charge is -2.33. The highest BCUT2D eigenvalue weighted by Gasteiger charge is 2.33. The molecular weight excluding hydrogens is 282 g/mol. The van der Waals surface area contributed by atoms with E-state index in [0.29, 0.717) is 24.8 Å². The van der Waals surface area contributed by atoms with Gasteiger partial charge in [0.25, 0.3) is 5.91 Å². The zero-order valence-electron chi connectivity index (χ0n) is 13.5. The number of likely N-dealkylation sites (N-methyl/N-ethyl adjacent to an activating group) is 1. The summed E-state index contributed by atoms with van der Waals surface area (Å²) < 4.78 is 7.29. The molecule has 1 aliphatic heterocycles. The number of carbonyl (C=O) groups is 1. The van der Waals surface area contributed by atoms with Crippen LogP contribution in [0.4, 0.5) is 0 Å². The lowest BCUT2D eigenvalue weighted by atomic mass is 10.2. The van der Waals surface area contributed by atoms with Crippen LogP contribution in [0.15, 0.2) is 10.9 Å². The summed E-state index contributed by atoms with van der Waals surface area (Å²) >= 11 is 0. The van der Waals surface area contributed by atoms with Gasteiger partial charge in [0.15, 0.2) is 11.4 Å². The molecule has 2 fully saturated rings. The molecule has 1 aliphatic carbocycles. The van der Waals surface area contributed by atoms with Gasteiger partial charge in [-0.25, -0.2) is 0 Å². The van der Waals surface area contributed by atoms with Crippen molar-refractivity contribution in [2.24, 2.45) is 0 Å². The second-order valence-corrected chi connectivity index (χ2v) is 6.23. The molecule has 1 amide bonds. The molecule has 0 atom stereocenters. The highest BCUT2D eigenvalue weighted by atomic mass is 16.5. The molecule has 0 unspecified atom stereocenters. The molecule has 6 nitrogen and oxygen atoms in total. The number of ether oxygens (including phenoxy) is 1. The first-order valence-corrected chi connectivity index (χ1v) is 7.81. The van der Waals surface area contributed by atoms with E-state index in [-0.39, 0.29) is 17.1 Å². The van der Waals surface area contributed by atoms with Crippen LogP contribution >= 0.6 is 0 Å². The Bertz CT molecular complexity index is 641. The molecule has 6 heteroatoms. The van der Waals surface area contributed by atoms with E-state index in [0.717, 1.165) is 31.6 Å². The summed E-state index contributed by atoms with van der Waals surface area (Å²) in [5, 5.41) is 0. The smallest absolute Gasteiger partial charge is 0.274 e. The van der Waals surface area contributed by atoms with Crippen LogP contribution in [0, 0.1) is 6.92 Å². The Kier molecular flexibility index (Phi) is 3.95. The number of piperazine rings is 1. The zero-order valence-corrected chi connectivity index (χ0v) is 13.5. The molecule has 0 radical (unpaired) electrons. The fraction of sp³-hybridized carbons (Fsp3) is 0.625. The molecular formula is C16H23N3O3. The second-order valence-electron chi connectivity index (χ2n) is 6.23. The Hall–Kier alpha value is -1.82. The van der Waals surface area contributed by atoms with Gasteiger partial charge >= 0.3 is 0 Å². The molecule has 3 rings (SSSR count). The number of hydrogen-bond donors (Lipinski definition) is 0. The summed E-state index contributed by atoms with van der Waals surface area (Å²) in [5.74, 6) is 0.0964. The SMILES string of the molecule is COc1c(C(=O)N2CCN(C)CC2)n(C2CC2)c(C)cc1=O. The van der Waals surface area contributed by atoms with Crippen molar-refractivity contribution in [2.45, 2.75) is 25.8 Å². The third kappa shape index (κ3) is 2.63. The average Bonchev–Trinajstić information content (AvgIpc) is 3.31. The van der Waals surface area contributed by atoms with Crippen molar-refractivity contribution in [3.63, 3.8) is 0 Å². The molecule has 0 N–H and O–H groups in total. The summed E-state index contributed by atoms with van der Waals surface area (Å²) in [7, 11) is 3.51. The number of pyridine rings is 1. The predicted molar refractivity (Wildman–Crippen MR) is 83.7 cm³/mol. The van der Waals surface area contributed by atoms with Crippen LogP contribution in [0.25, 0.3) is 0 Å². The maximum absolute atomic E-state index is 13.0. The summed E-state index contributed by atoms with van der Waals surface area (Å²) in [5.41, 5.74) is 1.06. The van der Waals surface area contributed by atoms with Crippen molar-refractivity contribution in [1.29, 1.82) is 0 Å². The number of carbonyl (C=O) groups excluding carboxylic acids is 1. The van der Waals surface area contributed by atoms with Gasteiger partial charge in [-0.1, -0.05) is 0 Å². The number of aromatic nitrogens is 1. The minimum atomic E-state index is -0.214. The van der Waals surface area contributed by atoms with Gasteiger partial charge in [0.1, 0.15) is 0 Å². The molecule has 22 heavy (non-hydrogen) atoms. The van der Waals surface area contributed by atoms with E-state index in [1.54, 1.807) is 6.07 Å². The maximum atomic E-state index is 13.0. The highest BCUT2D eigenvalue weighted by Crippen LogP contribution is 2.38. The van der Waals surface area contributed by atoms with Gasteiger partial charge in [0.05, 0.1) is 7.11 Å². The fourth-order valence-electron chi connectivity index (χ4n) is 3.09. The molecule has 1 saturated heterocycles. The Morgan fingerprint density at radius 2 is 1.86 bits per heavy atom. The summed E-state index contributed by atoms with van der Waals surface area (Å²) in [6, 6.07) is 1.89. The molecule has 120 valence electrons. The van der Waals surface area contributed by atoms with E-state index in [1.807, 2.05) is 16.4 Å². The minimum absolute atomic E-state index is 0.0855. The van der Waals surface area contributed by atoms with Gasteiger partial charge in [-0.15, -0.1) is 0 Å². The first-order valence-electron chi connectivity index (χ1n) is 7.81. The maximum Gasteiger partial charge on any atom is 0.274 e. The topological polar surface area (TPSA) is 54.8 Å². The van der Waals surface area contributed by atoms with Gasteiger partial charge in [0, 0.05) is 44.0 Å². The minimum Gasteiger partial charge on any atom is -0.491 e. The molecule has 1 saturated carbocycles. The molecule has 0 aromatic carbocycles. The van der Waals surface area contributed by atoms with Crippen molar-refractivity contribution in [3.05, 3.63) is 27.7 Å². The Labute approximate surface area is 130 Å². The van der Waals surface area contributed by atoms with Crippen LogP contribution in [0.2, 0.25) is 0 Å². The van der Waals surface area contributed by atoms with E-state index >= 15 is 0 Å². The van der Waals surface area contributed by atoms with E-state index in [1.165, 1.54) is 7.11 Å². The Balaban J connectivity index is 2.04. The van der Waals surface area contributed by atoms with Crippen molar-refractivity contribution < 1.29 is 9.53 Å². The number of hydrogen-bond acceptors (Lipinski definition) is 4. The highest BCUT2D eigenvalue weighted by molar-refractivity contribution is 5.95. The Morgan fingerprint density at radius 3 is 2.41 bits per heavy atom. The zero-order chi connectivity index (χ0) is 15.9. The first-order chi connectivity index (χ1) is 10.5. The number of methoxy groups -OCH3 is 1. The van der Waals surface area contributed by atoms with Gasteiger partial charge < -0.3 is 19.1 Å². The van der Waals surface area contributed by atoms with Crippen LogP contribution < -0.4 is 10.2 Å². The monoisotopic (exact) mass is 305 g/mol. The van der Waals surface area contributed by atoms with Crippen LogP contribution in [-0.2, 0) is 0 Å². The number of aryl methyl sites for hydroxylation is 1. The quantitative estimate of drug-likeness (QED) is 0.832. The normalized spacial score (nSPS) is 19.3. The second kappa shape index (κ2) is 5.76. The molecule has 2 heterocycles. The predicted octanol–water partition coefficient (Wildman–Crippen LogP) is 0.888. The molecule has 0 spiro atoms. The number of amides is 1. The van der Waals surface area contributed by atoms with Crippen LogP contribution in [-0.4, -0.2) is 60.6 Å². The van der Waals surface area contributed by atoms with Crippen LogP contribution in [0.1, 0.15) is 35.1 Å². The van der Waals surface area contributed by atoms with Gasteiger partial charge in [0.2, 0.25) is 5.43 Å². The molecule has 0 bridgehead atoms. The summed E-state index contributed by atoms with van der Waals surface area (Å²) in [6.07, 6.45) is 2.10.